The summed E-state index contributed by atoms with van der Waals surface area (Å²) in [5.41, 5.74) is 4.89. The first kappa shape index (κ1) is 11.5. The van der Waals surface area contributed by atoms with Crippen LogP contribution in [0.25, 0.3) is 0 Å². The molecule has 1 aliphatic heterocycles. The van der Waals surface area contributed by atoms with Crippen molar-refractivity contribution in [3.8, 4) is 0 Å². The highest BCUT2D eigenvalue weighted by molar-refractivity contribution is 9.10. The third-order valence-electron chi connectivity index (χ3n) is 2.19. The standard InChI is InChI=1S/C8H13BrN2O3/c9-5-2-1-3-11(8(5)14)4-6(12)7(10)13/h5-6,12H,1-4H2,(H2,10,13). The van der Waals surface area contributed by atoms with Crippen molar-refractivity contribution in [3.05, 3.63) is 0 Å². The summed E-state index contributed by atoms with van der Waals surface area (Å²) < 4.78 is 0. The second-order valence-corrected chi connectivity index (χ2v) is 4.42. The first-order valence-corrected chi connectivity index (χ1v) is 5.34. The molecule has 3 N–H and O–H groups in total. The molecule has 0 aromatic carbocycles. The Morgan fingerprint density at radius 1 is 1.79 bits per heavy atom. The molecular weight excluding hydrogens is 252 g/mol. The Kier molecular flexibility index (Phi) is 3.88. The van der Waals surface area contributed by atoms with E-state index in [-0.39, 0.29) is 17.3 Å². The average molecular weight is 265 g/mol. The number of nitrogens with two attached hydrogens (primary N) is 1. The van der Waals surface area contributed by atoms with Gasteiger partial charge in [0.1, 0.15) is 6.10 Å². The quantitative estimate of drug-likeness (QED) is 0.656. The highest BCUT2D eigenvalue weighted by atomic mass is 79.9. The van der Waals surface area contributed by atoms with Crippen LogP contribution < -0.4 is 5.73 Å². The Morgan fingerprint density at radius 2 is 2.43 bits per heavy atom. The molecule has 0 aromatic rings. The molecule has 1 fully saturated rings. The van der Waals surface area contributed by atoms with Crippen molar-refractivity contribution in [2.24, 2.45) is 5.73 Å². The van der Waals surface area contributed by atoms with Gasteiger partial charge in [-0.1, -0.05) is 15.9 Å². The molecule has 2 unspecified atom stereocenters. The van der Waals surface area contributed by atoms with Gasteiger partial charge in [-0.3, -0.25) is 9.59 Å². The Bertz CT molecular complexity index is 247. The number of β-amino-alcohol motifs (C(OH)–C–C–N with tert-alkyl or cyclic N) is 1. The number of aliphatic hydroxyl groups is 1. The number of amides is 2. The topological polar surface area (TPSA) is 83.6 Å². The first-order valence-electron chi connectivity index (χ1n) is 4.42. The zero-order valence-electron chi connectivity index (χ0n) is 7.65. The number of hydrogen-bond acceptors (Lipinski definition) is 3. The third kappa shape index (κ3) is 2.68. The lowest BCUT2D eigenvalue weighted by Crippen LogP contribution is -2.48. The van der Waals surface area contributed by atoms with E-state index >= 15 is 0 Å². The van der Waals surface area contributed by atoms with Crippen molar-refractivity contribution >= 4 is 27.7 Å². The lowest BCUT2D eigenvalue weighted by Gasteiger charge is -2.30. The number of nitrogens with zero attached hydrogens (tertiary/aromatic N) is 1. The summed E-state index contributed by atoms with van der Waals surface area (Å²) in [5.74, 6) is -0.883. The molecule has 80 valence electrons. The van der Waals surface area contributed by atoms with Crippen molar-refractivity contribution < 1.29 is 14.7 Å². The van der Waals surface area contributed by atoms with Gasteiger partial charge in [0.25, 0.3) is 0 Å². The molecule has 0 aromatic heterocycles. The van der Waals surface area contributed by atoms with Crippen LogP contribution in [0.3, 0.4) is 0 Å². The van der Waals surface area contributed by atoms with Gasteiger partial charge in [-0.2, -0.15) is 0 Å². The molecule has 1 aliphatic rings. The number of primary amides is 1. The fourth-order valence-electron chi connectivity index (χ4n) is 1.37. The molecule has 0 saturated carbocycles. The largest absolute Gasteiger partial charge is 0.381 e. The number of aliphatic hydroxyl groups excluding tert-OH is 1. The summed E-state index contributed by atoms with van der Waals surface area (Å²) in [4.78, 5) is 23.3. The maximum atomic E-state index is 11.5. The first-order chi connectivity index (χ1) is 6.52. The fourth-order valence-corrected chi connectivity index (χ4v) is 1.99. The van der Waals surface area contributed by atoms with Gasteiger partial charge >= 0.3 is 0 Å². The lowest BCUT2D eigenvalue weighted by molar-refractivity contribution is -0.136. The highest BCUT2D eigenvalue weighted by Crippen LogP contribution is 2.18. The number of hydrogen-bond donors (Lipinski definition) is 2. The predicted molar refractivity (Wildman–Crippen MR) is 53.7 cm³/mol. The van der Waals surface area contributed by atoms with Crippen LogP contribution in [-0.2, 0) is 9.59 Å². The predicted octanol–water partition coefficient (Wildman–Crippen LogP) is -0.781. The summed E-state index contributed by atoms with van der Waals surface area (Å²) in [6, 6.07) is 0. The number of carbonyl (C=O) groups excluding carboxylic acids is 2. The van der Waals surface area contributed by atoms with E-state index in [1.807, 2.05) is 0 Å². The van der Waals surface area contributed by atoms with Gasteiger partial charge in [0.05, 0.1) is 11.4 Å². The molecule has 5 nitrogen and oxygen atoms in total. The molecule has 14 heavy (non-hydrogen) atoms. The molecule has 0 spiro atoms. The molecule has 1 heterocycles. The summed E-state index contributed by atoms with van der Waals surface area (Å²) in [6.45, 7) is 0.571. The van der Waals surface area contributed by atoms with E-state index in [0.717, 1.165) is 12.8 Å². The van der Waals surface area contributed by atoms with Crippen LogP contribution in [0.1, 0.15) is 12.8 Å². The van der Waals surface area contributed by atoms with E-state index in [4.69, 9.17) is 5.73 Å². The van der Waals surface area contributed by atoms with Gasteiger partial charge in [-0.25, -0.2) is 0 Å². The Labute approximate surface area is 90.4 Å². The highest BCUT2D eigenvalue weighted by Gasteiger charge is 2.28. The number of carbonyl (C=O) groups is 2. The Hall–Kier alpha value is -0.620. The number of piperidine rings is 1. The maximum absolute atomic E-state index is 11.5. The molecule has 0 bridgehead atoms. The molecule has 2 amide bonds. The number of rotatable bonds is 3. The van der Waals surface area contributed by atoms with E-state index in [2.05, 4.69) is 15.9 Å². The second-order valence-electron chi connectivity index (χ2n) is 3.31. The van der Waals surface area contributed by atoms with Crippen molar-refractivity contribution in [2.75, 3.05) is 13.1 Å². The molecule has 0 aliphatic carbocycles. The van der Waals surface area contributed by atoms with Crippen LogP contribution in [0, 0.1) is 0 Å². The van der Waals surface area contributed by atoms with Crippen molar-refractivity contribution in [1.82, 2.24) is 4.90 Å². The van der Waals surface area contributed by atoms with Gasteiger partial charge in [0, 0.05) is 6.54 Å². The summed E-state index contributed by atoms with van der Waals surface area (Å²) in [7, 11) is 0. The minimum absolute atomic E-state index is 0.00370. The zero-order chi connectivity index (χ0) is 10.7. The van der Waals surface area contributed by atoms with Gasteiger partial charge < -0.3 is 15.7 Å². The van der Waals surface area contributed by atoms with Gasteiger partial charge in [-0.05, 0) is 12.8 Å². The third-order valence-corrected chi connectivity index (χ3v) is 3.04. The second kappa shape index (κ2) is 4.75. The van der Waals surface area contributed by atoms with Crippen LogP contribution >= 0.6 is 15.9 Å². The molecule has 1 rings (SSSR count). The maximum Gasteiger partial charge on any atom is 0.248 e. The van der Waals surface area contributed by atoms with E-state index in [1.165, 1.54) is 4.90 Å². The monoisotopic (exact) mass is 264 g/mol. The molecular formula is C8H13BrN2O3. The molecule has 1 saturated heterocycles. The fraction of sp³-hybridized carbons (Fsp3) is 0.750. The van der Waals surface area contributed by atoms with E-state index in [9.17, 15) is 14.7 Å². The van der Waals surface area contributed by atoms with Crippen molar-refractivity contribution in [2.45, 2.75) is 23.8 Å². The summed E-state index contributed by atoms with van der Waals surface area (Å²) >= 11 is 3.23. The van der Waals surface area contributed by atoms with E-state index < -0.39 is 12.0 Å². The van der Waals surface area contributed by atoms with Crippen LogP contribution in [0.2, 0.25) is 0 Å². The summed E-state index contributed by atoms with van der Waals surface area (Å²) in [5, 5.41) is 9.20. The smallest absolute Gasteiger partial charge is 0.248 e. The van der Waals surface area contributed by atoms with Crippen LogP contribution in [0.4, 0.5) is 0 Å². The SMILES string of the molecule is NC(=O)C(O)CN1CCCC(Br)C1=O. The molecule has 2 atom stereocenters. The zero-order valence-corrected chi connectivity index (χ0v) is 9.24. The minimum Gasteiger partial charge on any atom is -0.381 e. The van der Waals surface area contributed by atoms with Gasteiger partial charge in [-0.15, -0.1) is 0 Å². The van der Waals surface area contributed by atoms with Crippen LogP contribution in [0.5, 0.6) is 0 Å². The summed E-state index contributed by atoms with van der Waals surface area (Å²) in [6.07, 6.45) is 0.395. The Balaban J connectivity index is 2.51. The lowest BCUT2D eigenvalue weighted by atomic mass is 10.1. The van der Waals surface area contributed by atoms with Crippen LogP contribution in [-0.4, -0.2) is 45.8 Å². The normalized spacial score (nSPS) is 24.9. The average Bonchev–Trinajstić information content (AvgIpc) is 2.12. The Morgan fingerprint density at radius 3 is 3.00 bits per heavy atom. The van der Waals surface area contributed by atoms with Gasteiger partial charge in [0.2, 0.25) is 11.8 Å². The van der Waals surface area contributed by atoms with Crippen LogP contribution in [0.15, 0.2) is 0 Å². The number of halogens is 1. The van der Waals surface area contributed by atoms with Gasteiger partial charge in [0.15, 0.2) is 0 Å². The number of alkyl halides is 1. The molecule has 0 radical (unpaired) electrons. The van der Waals surface area contributed by atoms with E-state index in [1.54, 1.807) is 0 Å². The van der Waals surface area contributed by atoms with Crippen molar-refractivity contribution in [1.29, 1.82) is 0 Å². The molecule has 6 heteroatoms. The minimum atomic E-state index is -1.27. The van der Waals surface area contributed by atoms with E-state index in [0.29, 0.717) is 6.54 Å². The van der Waals surface area contributed by atoms with Crippen molar-refractivity contribution in [3.63, 3.8) is 0 Å². The number of likely N-dealkylation sites (tertiary alicyclic amines) is 1.